The van der Waals surface area contributed by atoms with Crippen LogP contribution >= 0.6 is 0 Å². The summed E-state index contributed by atoms with van der Waals surface area (Å²) in [6.45, 7) is 104. The summed E-state index contributed by atoms with van der Waals surface area (Å²) in [6.07, 6.45) is 0. The van der Waals surface area contributed by atoms with Crippen LogP contribution in [0.15, 0.2) is 0 Å². The molecule has 0 saturated carbocycles. The minimum absolute atomic E-state index is 0.280. The van der Waals surface area contributed by atoms with Gasteiger partial charge in [0.05, 0.1) is 30.4 Å². The maximum absolute atomic E-state index is 3.35. The van der Waals surface area contributed by atoms with Crippen LogP contribution in [0.2, 0.25) is 85.6 Å². The van der Waals surface area contributed by atoms with Crippen LogP contribution in [-0.4, -0.2) is 58.4 Å². The maximum atomic E-state index is 3.35. The van der Waals surface area contributed by atoms with E-state index in [0.717, 1.165) is 0 Å². The highest BCUT2D eigenvalue weighted by atomic mass is 30.1. The van der Waals surface area contributed by atoms with Crippen molar-refractivity contribution in [1.82, 2.24) is 0 Å². The van der Waals surface area contributed by atoms with Crippen molar-refractivity contribution in [3.05, 3.63) is 0 Å². The molecule has 0 spiro atoms. The van der Waals surface area contributed by atoms with Crippen molar-refractivity contribution in [3.63, 3.8) is 0 Å². The highest BCUT2D eigenvalue weighted by Gasteiger charge is 2.86. The molecule has 0 amide bonds. The Morgan fingerprint density at radius 3 is 0.333 bits per heavy atom. The Labute approximate surface area is 390 Å². The Bertz CT molecular complexity index is 1210. The molecule has 0 atom stereocenters. The molecule has 1 heterocycles. The molecule has 0 bridgehead atoms. The average molecular weight is 968 g/mol. The van der Waals surface area contributed by atoms with Gasteiger partial charge in [0, 0.05) is 13.3 Å². The van der Waals surface area contributed by atoms with Crippen molar-refractivity contribution < 1.29 is 0 Å². The molecule has 0 nitrogen and oxygen atoms in total. The van der Waals surface area contributed by atoms with Crippen molar-refractivity contribution >= 4 is 58.4 Å². The van der Waals surface area contributed by atoms with Crippen LogP contribution in [-0.2, 0) is 0 Å². The first kappa shape index (κ1) is 59.8. The topological polar surface area (TPSA) is 0 Å². The van der Waals surface area contributed by atoms with Gasteiger partial charge in [0.1, 0.15) is 0 Å². The molecule has 1 aliphatic heterocycles. The zero-order chi connectivity index (χ0) is 49.6. The van der Waals surface area contributed by atoms with Gasteiger partial charge in [0.2, 0.25) is 0 Å². The van der Waals surface area contributed by atoms with Gasteiger partial charge in [0.25, 0.3) is 0 Å². The molecule has 0 aliphatic carbocycles. The van der Waals surface area contributed by atoms with E-state index in [9.17, 15) is 0 Å². The summed E-state index contributed by atoms with van der Waals surface area (Å²) in [5, 5.41) is 3.36. The molecular formula is C52H118Si8. The van der Waals surface area contributed by atoms with Crippen molar-refractivity contribution in [3.8, 4) is 0 Å². The summed E-state index contributed by atoms with van der Waals surface area (Å²) in [7, 11) is -11.0. The second kappa shape index (κ2) is 15.6. The molecule has 0 aromatic carbocycles. The van der Waals surface area contributed by atoms with Crippen molar-refractivity contribution in [2.45, 2.75) is 335 Å². The zero-order valence-electron chi connectivity index (χ0n) is 49.4. The Hall–Kier alpha value is 1.74. The first-order chi connectivity index (χ1) is 25.2. The summed E-state index contributed by atoms with van der Waals surface area (Å²) in [5.74, 6) is 0. The second-order valence-electron chi connectivity index (χ2n) is 33.7. The molecular weight excluding hydrogens is 849 g/mol. The lowest BCUT2D eigenvalue weighted by Gasteiger charge is -2.81. The Morgan fingerprint density at radius 1 is 0.200 bits per heavy atom. The SMILES string of the molecule is CC(C)(C)[Si](C(C)(C)C)(C(C)(C)C)[Si](C)([Si]1=[Si]([Si](C)([Si](C(C)(C)C)(C(C)(C)C)C(C)(C)C)[Si](C(C)(C)C)(C(C)(C)C)C(C)(C)C)CC1)[Si](C(C)(C)C)(C(C)(C)C)C(C)(C)C. The van der Waals surface area contributed by atoms with Crippen LogP contribution in [0.25, 0.3) is 0 Å². The van der Waals surface area contributed by atoms with Crippen molar-refractivity contribution in [1.29, 1.82) is 0 Å². The summed E-state index contributed by atoms with van der Waals surface area (Å²) in [5.41, 5.74) is 0. The van der Waals surface area contributed by atoms with E-state index in [2.05, 4.69) is 262 Å². The zero-order valence-corrected chi connectivity index (χ0v) is 57.4. The van der Waals surface area contributed by atoms with Gasteiger partial charge in [-0.2, -0.15) is 0 Å². The fraction of sp³-hybridized carbons (Fsp3) is 1.00. The summed E-state index contributed by atoms with van der Waals surface area (Å²) in [6, 6.07) is 3.26. The van der Waals surface area contributed by atoms with E-state index in [4.69, 9.17) is 0 Å². The lowest BCUT2D eigenvalue weighted by molar-refractivity contribution is 0.539. The predicted octanol–water partition coefficient (Wildman–Crippen LogP) is 20.1. The van der Waals surface area contributed by atoms with Crippen LogP contribution in [0.3, 0.4) is 0 Å². The first-order valence-electron chi connectivity index (χ1n) is 25.0. The highest BCUT2D eigenvalue weighted by Crippen LogP contribution is 2.78. The Balaban J connectivity index is 6.16. The minimum Gasteiger partial charge on any atom is -0.0725 e. The van der Waals surface area contributed by atoms with E-state index in [1.807, 2.05) is 0 Å². The third-order valence-corrected chi connectivity index (χ3v) is 178. The third-order valence-electron chi connectivity index (χ3n) is 18.7. The number of hydrogen-bond acceptors (Lipinski definition) is 0. The van der Waals surface area contributed by atoms with Crippen LogP contribution in [0.5, 0.6) is 0 Å². The molecule has 0 fully saturated rings. The molecule has 0 saturated heterocycles. The van der Waals surface area contributed by atoms with Gasteiger partial charge in [-0.15, -0.1) is 0 Å². The smallest absolute Gasteiger partial charge is 0.0613 e. The van der Waals surface area contributed by atoms with Crippen molar-refractivity contribution in [2.75, 3.05) is 0 Å². The first-order valence-corrected chi connectivity index (χ1v) is 48.4. The van der Waals surface area contributed by atoms with Gasteiger partial charge in [0.15, 0.2) is 0 Å². The van der Waals surface area contributed by atoms with Gasteiger partial charge in [-0.1, -0.05) is 274 Å². The number of hydrogen-bond donors (Lipinski definition) is 0. The molecule has 60 heavy (non-hydrogen) atoms. The Kier molecular flexibility index (Phi) is 15.6. The molecule has 0 aromatic heterocycles. The third kappa shape index (κ3) is 7.41. The fourth-order valence-electron chi connectivity index (χ4n) is 25.4. The van der Waals surface area contributed by atoms with Crippen LogP contribution in [0, 0.1) is 0 Å². The second-order valence-corrected chi connectivity index (χ2v) is 111. The van der Waals surface area contributed by atoms with Gasteiger partial charge in [-0.25, -0.2) is 0 Å². The molecule has 0 radical (unpaired) electrons. The normalized spacial score (nSPS) is 18.3. The molecule has 1 rings (SSSR count). The molecule has 0 N–H and O–H groups in total. The number of rotatable bonds is 6. The molecule has 0 aromatic rings. The lowest BCUT2D eigenvalue weighted by atomic mass is 10.2. The predicted molar refractivity (Wildman–Crippen MR) is 304 cm³/mol. The summed E-state index contributed by atoms with van der Waals surface area (Å²) >= 11 is 0. The maximum Gasteiger partial charge on any atom is 0.0613 e. The average Bonchev–Trinajstić information content (AvgIpc) is 2.70. The van der Waals surface area contributed by atoms with E-state index in [1.165, 1.54) is 0 Å². The largest absolute Gasteiger partial charge is 0.0725 e. The fourth-order valence-corrected chi connectivity index (χ4v) is 339. The van der Waals surface area contributed by atoms with Gasteiger partial charge in [-0.3, -0.25) is 0 Å². The summed E-state index contributed by atoms with van der Waals surface area (Å²) in [4.78, 5) is 0. The van der Waals surface area contributed by atoms with Gasteiger partial charge < -0.3 is 0 Å². The van der Waals surface area contributed by atoms with E-state index in [0.29, 0.717) is 0 Å². The molecule has 358 valence electrons. The standard InChI is InChI=1S/C52H118Si8/c1-41(2,3)57(42(4,5)6,43(7,8)9)55(37,58(44(10,11)12,45(13,14)15)46(16,17)18)53-39-40-54(53)56(38,59(47(19,20)21,48(22,23)24)49(25,26)27)60(50(28,29)30,51(31,32)33)52(34,35)36/h39-40H2,1-38H3. The quantitative estimate of drug-likeness (QED) is 0.233. The minimum atomic E-state index is -2.34. The van der Waals surface area contributed by atoms with Crippen LogP contribution < -0.4 is 0 Å². The monoisotopic (exact) mass is 967 g/mol. The van der Waals surface area contributed by atoms with E-state index in [1.54, 1.807) is 12.1 Å². The Morgan fingerprint density at radius 2 is 0.283 bits per heavy atom. The van der Waals surface area contributed by atoms with Crippen LogP contribution in [0.4, 0.5) is 0 Å². The van der Waals surface area contributed by atoms with Crippen LogP contribution in [0.1, 0.15) is 249 Å². The lowest BCUT2D eigenvalue weighted by Crippen LogP contribution is -2.98. The molecule has 8 heteroatoms. The van der Waals surface area contributed by atoms with E-state index in [-0.39, 0.29) is 60.5 Å². The summed E-state index contributed by atoms with van der Waals surface area (Å²) < 4.78 is 0. The molecule has 1 aliphatic rings. The van der Waals surface area contributed by atoms with Gasteiger partial charge >= 0.3 is 0 Å². The van der Waals surface area contributed by atoms with Crippen molar-refractivity contribution in [2.24, 2.45) is 0 Å². The highest BCUT2D eigenvalue weighted by molar-refractivity contribution is 7.99. The van der Waals surface area contributed by atoms with Gasteiger partial charge in [-0.05, 0) is 75.3 Å². The van der Waals surface area contributed by atoms with E-state index < -0.39 is 58.4 Å². The van der Waals surface area contributed by atoms with E-state index >= 15 is 0 Å². The molecule has 0 unspecified atom stereocenters.